The summed E-state index contributed by atoms with van der Waals surface area (Å²) < 4.78 is 11.3. The normalized spacial score (nSPS) is 15.2. The number of carbonyl (C=O) groups excluding carboxylic acids is 1. The number of nitrogens with zero attached hydrogens (tertiary/aromatic N) is 2. The second-order valence-electron chi connectivity index (χ2n) is 6.29. The molecule has 7 heteroatoms. The third-order valence-corrected chi connectivity index (χ3v) is 6.05. The van der Waals surface area contributed by atoms with Crippen LogP contribution in [0, 0.1) is 0 Å². The third kappa shape index (κ3) is 4.26. The monoisotopic (exact) mass is 428 g/mol. The predicted octanol–water partition coefficient (Wildman–Crippen LogP) is 4.96. The standard InChI is InChI=1S/C22H24N2O3S2/c1-5-23(6-2)16-10-12-17(13-11-16)24-21(25)19(29-22(24)28)14-15-8-7-9-18(26-3)20(15)27-4/h7-14H,5-6H2,1-4H3/b19-14-. The predicted molar refractivity (Wildman–Crippen MR) is 125 cm³/mol. The number of para-hydroxylation sites is 1. The molecule has 29 heavy (non-hydrogen) atoms. The molecule has 1 aliphatic heterocycles. The van der Waals surface area contributed by atoms with E-state index in [1.54, 1.807) is 25.2 Å². The number of thiocarbonyl (C=S) groups is 1. The van der Waals surface area contributed by atoms with Crippen LogP contribution in [0.3, 0.4) is 0 Å². The van der Waals surface area contributed by atoms with Gasteiger partial charge in [0.15, 0.2) is 15.8 Å². The van der Waals surface area contributed by atoms with Crippen molar-refractivity contribution in [1.29, 1.82) is 0 Å². The van der Waals surface area contributed by atoms with Gasteiger partial charge in [0, 0.05) is 24.3 Å². The first-order valence-electron chi connectivity index (χ1n) is 9.38. The second-order valence-corrected chi connectivity index (χ2v) is 7.96. The Hall–Kier alpha value is -2.51. The number of rotatable bonds is 7. The molecule has 0 unspecified atom stereocenters. The molecular formula is C22H24N2O3S2. The fourth-order valence-corrected chi connectivity index (χ4v) is 4.55. The first-order valence-corrected chi connectivity index (χ1v) is 10.6. The Kier molecular flexibility index (Phi) is 6.82. The van der Waals surface area contributed by atoms with E-state index in [2.05, 4.69) is 18.7 Å². The number of hydrogen-bond donors (Lipinski definition) is 0. The smallest absolute Gasteiger partial charge is 0.270 e. The van der Waals surface area contributed by atoms with Crippen molar-refractivity contribution in [2.24, 2.45) is 0 Å². The van der Waals surface area contributed by atoms with Crippen LogP contribution in [-0.4, -0.2) is 37.5 Å². The molecular weight excluding hydrogens is 404 g/mol. The van der Waals surface area contributed by atoms with Crippen molar-refractivity contribution in [2.45, 2.75) is 13.8 Å². The molecule has 1 heterocycles. The fourth-order valence-electron chi connectivity index (χ4n) is 3.26. The van der Waals surface area contributed by atoms with E-state index in [1.165, 1.54) is 11.8 Å². The summed E-state index contributed by atoms with van der Waals surface area (Å²) in [4.78, 5) is 17.5. The molecule has 1 aliphatic rings. The molecule has 5 nitrogen and oxygen atoms in total. The Bertz CT molecular complexity index is 938. The molecule has 0 spiro atoms. The quantitative estimate of drug-likeness (QED) is 0.459. The summed E-state index contributed by atoms with van der Waals surface area (Å²) in [5.74, 6) is 1.06. The van der Waals surface area contributed by atoms with Gasteiger partial charge in [-0.25, -0.2) is 0 Å². The van der Waals surface area contributed by atoms with Crippen LogP contribution in [0.2, 0.25) is 0 Å². The van der Waals surface area contributed by atoms with Gasteiger partial charge in [0.05, 0.1) is 24.8 Å². The van der Waals surface area contributed by atoms with E-state index in [4.69, 9.17) is 21.7 Å². The minimum absolute atomic E-state index is 0.138. The number of hydrogen-bond acceptors (Lipinski definition) is 6. The molecule has 3 rings (SSSR count). The van der Waals surface area contributed by atoms with Crippen LogP contribution < -0.4 is 19.3 Å². The number of methoxy groups -OCH3 is 2. The Morgan fingerprint density at radius 2 is 1.76 bits per heavy atom. The van der Waals surface area contributed by atoms with Crippen LogP contribution in [0.4, 0.5) is 11.4 Å². The SMILES string of the molecule is CCN(CC)c1ccc(N2C(=O)/C(=C/c3cccc(OC)c3OC)SC2=S)cc1. The lowest BCUT2D eigenvalue weighted by molar-refractivity contribution is -0.113. The summed E-state index contributed by atoms with van der Waals surface area (Å²) in [5, 5.41) is 0. The molecule has 1 amide bonds. The second kappa shape index (κ2) is 9.33. The van der Waals surface area contributed by atoms with E-state index in [1.807, 2.05) is 42.5 Å². The van der Waals surface area contributed by atoms with Crippen molar-refractivity contribution in [3.05, 3.63) is 52.9 Å². The molecule has 0 aliphatic carbocycles. The number of thioether (sulfide) groups is 1. The van der Waals surface area contributed by atoms with Crippen molar-refractivity contribution >= 4 is 51.7 Å². The molecule has 0 saturated carbocycles. The van der Waals surface area contributed by atoms with Crippen LogP contribution in [0.25, 0.3) is 6.08 Å². The fraction of sp³-hybridized carbons (Fsp3) is 0.273. The maximum Gasteiger partial charge on any atom is 0.270 e. The van der Waals surface area contributed by atoms with Crippen molar-refractivity contribution < 1.29 is 14.3 Å². The first kappa shape index (κ1) is 21.2. The molecule has 0 radical (unpaired) electrons. The summed E-state index contributed by atoms with van der Waals surface area (Å²) in [7, 11) is 3.17. The highest BCUT2D eigenvalue weighted by molar-refractivity contribution is 8.27. The Labute approximate surface area is 181 Å². The van der Waals surface area contributed by atoms with Gasteiger partial charge in [0.2, 0.25) is 0 Å². The van der Waals surface area contributed by atoms with Gasteiger partial charge < -0.3 is 14.4 Å². The van der Waals surface area contributed by atoms with Gasteiger partial charge >= 0.3 is 0 Å². The number of carbonyl (C=O) groups is 1. The summed E-state index contributed by atoms with van der Waals surface area (Å²) in [6.45, 7) is 6.11. The zero-order valence-corrected chi connectivity index (χ0v) is 18.6. The topological polar surface area (TPSA) is 42.0 Å². The zero-order valence-electron chi connectivity index (χ0n) is 17.0. The highest BCUT2D eigenvalue weighted by Gasteiger charge is 2.33. The van der Waals surface area contributed by atoms with E-state index >= 15 is 0 Å². The van der Waals surface area contributed by atoms with Gasteiger partial charge in [-0.2, -0.15) is 0 Å². The average Bonchev–Trinajstić information content (AvgIpc) is 3.02. The average molecular weight is 429 g/mol. The van der Waals surface area contributed by atoms with Crippen LogP contribution in [0.15, 0.2) is 47.4 Å². The van der Waals surface area contributed by atoms with Gasteiger partial charge in [-0.1, -0.05) is 36.1 Å². The minimum atomic E-state index is -0.138. The molecule has 0 N–H and O–H groups in total. The number of benzene rings is 2. The van der Waals surface area contributed by atoms with Gasteiger partial charge in [-0.15, -0.1) is 0 Å². The number of anilines is 2. The zero-order chi connectivity index (χ0) is 21.0. The van der Waals surface area contributed by atoms with Crippen LogP contribution in [0.1, 0.15) is 19.4 Å². The van der Waals surface area contributed by atoms with Gasteiger partial charge in [-0.05, 0) is 50.3 Å². The molecule has 0 aromatic heterocycles. The molecule has 2 aromatic rings. The van der Waals surface area contributed by atoms with Crippen molar-refractivity contribution in [2.75, 3.05) is 37.1 Å². The van der Waals surface area contributed by atoms with Crippen LogP contribution in [0.5, 0.6) is 11.5 Å². The maximum atomic E-state index is 13.1. The maximum absolute atomic E-state index is 13.1. The number of ether oxygens (including phenoxy) is 2. The van der Waals surface area contributed by atoms with Crippen molar-refractivity contribution in [1.82, 2.24) is 0 Å². The van der Waals surface area contributed by atoms with Crippen LogP contribution >= 0.6 is 24.0 Å². The molecule has 1 saturated heterocycles. The summed E-state index contributed by atoms with van der Waals surface area (Å²) in [6, 6.07) is 13.5. The van der Waals surface area contributed by atoms with E-state index in [0.29, 0.717) is 20.7 Å². The van der Waals surface area contributed by atoms with Gasteiger partial charge in [0.25, 0.3) is 5.91 Å². The van der Waals surface area contributed by atoms with E-state index < -0.39 is 0 Å². The third-order valence-electron chi connectivity index (χ3n) is 4.75. The Morgan fingerprint density at radius 3 is 2.34 bits per heavy atom. The lowest BCUT2D eigenvalue weighted by Gasteiger charge is -2.22. The highest BCUT2D eigenvalue weighted by Crippen LogP contribution is 2.39. The van der Waals surface area contributed by atoms with Crippen molar-refractivity contribution in [3.63, 3.8) is 0 Å². The lowest BCUT2D eigenvalue weighted by atomic mass is 10.1. The minimum Gasteiger partial charge on any atom is -0.493 e. The van der Waals surface area contributed by atoms with Gasteiger partial charge in [-0.3, -0.25) is 9.69 Å². The van der Waals surface area contributed by atoms with E-state index in [9.17, 15) is 4.79 Å². The van der Waals surface area contributed by atoms with E-state index in [0.717, 1.165) is 30.0 Å². The Balaban J connectivity index is 1.90. The molecule has 2 aromatic carbocycles. The van der Waals surface area contributed by atoms with Crippen LogP contribution in [-0.2, 0) is 4.79 Å². The Morgan fingerprint density at radius 1 is 1.07 bits per heavy atom. The summed E-state index contributed by atoms with van der Waals surface area (Å²) in [6.07, 6.45) is 1.80. The van der Waals surface area contributed by atoms with Gasteiger partial charge in [0.1, 0.15) is 0 Å². The van der Waals surface area contributed by atoms with Crippen molar-refractivity contribution in [3.8, 4) is 11.5 Å². The summed E-state index contributed by atoms with van der Waals surface area (Å²) >= 11 is 6.78. The summed E-state index contributed by atoms with van der Waals surface area (Å²) in [5.41, 5.74) is 2.66. The number of amides is 1. The lowest BCUT2D eigenvalue weighted by Crippen LogP contribution is -2.27. The highest BCUT2D eigenvalue weighted by atomic mass is 32.2. The van der Waals surface area contributed by atoms with E-state index in [-0.39, 0.29) is 5.91 Å². The molecule has 0 atom stereocenters. The molecule has 152 valence electrons. The molecule has 0 bridgehead atoms. The molecule has 1 fully saturated rings. The largest absolute Gasteiger partial charge is 0.493 e. The first-order chi connectivity index (χ1) is 14.0.